The molecule has 0 unspecified atom stereocenters. The molecule has 3 rings (SSSR count). The van der Waals surface area contributed by atoms with Crippen molar-refractivity contribution in [3.63, 3.8) is 0 Å². The predicted octanol–water partition coefficient (Wildman–Crippen LogP) is 3.48. The van der Waals surface area contributed by atoms with Crippen molar-refractivity contribution in [2.45, 2.75) is 44.8 Å². The lowest BCUT2D eigenvalue weighted by molar-refractivity contribution is 0.477. The Labute approximate surface area is 183 Å². The van der Waals surface area contributed by atoms with Crippen molar-refractivity contribution >= 4 is 28.6 Å². The van der Waals surface area contributed by atoms with Gasteiger partial charge in [-0.15, -0.1) is 10.2 Å². The van der Waals surface area contributed by atoms with Crippen LogP contribution in [-0.2, 0) is 19.4 Å². The summed E-state index contributed by atoms with van der Waals surface area (Å²) in [5.41, 5.74) is 2.51. The minimum absolute atomic E-state index is 0.573. The number of thioether (sulfide) groups is 1. The van der Waals surface area contributed by atoms with E-state index in [1.807, 2.05) is 7.05 Å². The van der Waals surface area contributed by atoms with Crippen molar-refractivity contribution in [3.05, 3.63) is 41.9 Å². The monoisotopic (exact) mass is 427 g/mol. The van der Waals surface area contributed by atoms with E-state index in [0.29, 0.717) is 5.92 Å². The second-order valence-electron chi connectivity index (χ2n) is 7.75. The normalized spacial score (nSPS) is 12.1. The molecular weight excluding hydrogens is 394 g/mol. The zero-order valence-corrected chi connectivity index (χ0v) is 19.2. The molecule has 7 nitrogen and oxygen atoms in total. The van der Waals surface area contributed by atoms with Crippen molar-refractivity contribution < 1.29 is 0 Å². The first-order valence-corrected chi connectivity index (χ1v) is 11.8. The van der Waals surface area contributed by atoms with Crippen LogP contribution in [0.3, 0.4) is 0 Å². The molecule has 0 bridgehead atoms. The summed E-state index contributed by atoms with van der Waals surface area (Å²) in [6, 6.07) is 8.41. The van der Waals surface area contributed by atoms with E-state index in [0.717, 1.165) is 55.8 Å². The van der Waals surface area contributed by atoms with Gasteiger partial charge in [0.25, 0.3) is 0 Å². The molecule has 30 heavy (non-hydrogen) atoms. The second kappa shape index (κ2) is 11.1. The van der Waals surface area contributed by atoms with E-state index in [4.69, 9.17) is 0 Å². The van der Waals surface area contributed by atoms with E-state index in [-0.39, 0.29) is 0 Å². The van der Waals surface area contributed by atoms with Crippen LogP contribution < -0.4 is 10.6 Å². The number of H-pyrrole nitrogens is 1. The zero-order chi connectivity index (χ0) is 21.3. The maximum absolute atomic E-state index is 4.40. The van der Waals surface area contributed by atoms with Crippen LogP contribution in [0.2, 0.25) is 0 Å². The maximum atomic E-state index is 4.40. The summed E-state index contributed by atoms with van der Waals surface area (Å²) in [4.78, 5) is 7.67. The molecule has 2 aromatic heterocycles. The van der Waals surface area contributed by atoms with E-state index in [2.05, 4.69) is 85.9 Å². The van der Waals surface area contributed by atoms with Crippen LogP contribution in [0.5, 0.6) is 0 Å². The molecule has 0 fully saturated rings. The Morgan fingerprint density at radius 3 is 2.73 bits per heavy atom. The summed E-state index contributed by atoms with van der Waals surface area (Å²) >= 11 is 1.66. The third kappa shape index (κ3) is 5.78. The number of aryl methyl sites for hydroxylation is 1. The third-order valence-electron chi connectivity index (χ3n) is 4.98. The highest BCUT2D eigenvalue weighted by Crippen LogP contribution is 2.18. The van der Waals surface area contributed by atoms with Crippen molar-refractivity contribution in [1.82, 2.24) is 30.4 Å². The quantitative estimate of drug-likeness (QED) is 0.200. The van der Waals surface area contributed by atoms with E-state index >= 15 is 0 Å². The van der Waals surface area contributed by atoms with Gasteiger partial charge in [0.15, 0.2) is 11.1 Å². The van der Waals surface area contributed by atoms with E-state index < -0.39 is 0 Å². The van der Waals surface area contributed by atoms with Gasteiger partial charge in [0.05, 0.1) is 0 Å². The zero-order valence-electron chi connectivity index (χ0n) is 18.4. The Morgan fingerprint density at radius 1 is 1.17 bits per heavy atom. The molecule has 0 saturated heterocycles. The highest BCUT2D eigenvalue weighted by Gasteiger charge is 2.12. The van der Waals surface area contributed by atoms with Gasteiger partial charge in [0.2, 0.25) is 0 Å². The number of rotatable bonds is 10. The number of nitrogens with one attached hydrogen (secondary N) is 3. The fraction of sp³-hybridized carbons (Fsp3) is 0.500. The third-order valence-corrected chi connectivity index (χ3v) is 5.65. The topological polar surface area (TPSA) is 82.9 Å². The number of guanidine groups is 1. The Hall–Kier alpha value is -2.48. The van der Waals surface area contributed by atoms with Gasteiger partial charge in [-0.1, -0.05) is 43.8 Å². The summed E-state index contributed by atoms with van der Waals surface area (Å²) in [5, 5.41) is 17.8. The van der Waals surface area contributed by atoms with Crippen LogP contribution in [0.15, 0.2) is 40.6 Å². The molecule has 0 aliphatic carbocycles. The number of nitrogens with zero attached hydrogens (tertiary/aromatic N) is 4. The number of aliphatic imine (C=N–C) groups is 1. The van der Waals surface area contributed by atoms with E-state index in [1.54, 1.807) is 11.8 Å². The average Bonchev–Trinajstić information content (AvgIpc) is 3.33. The van der Waals surface area contributed by atoms with Crippen molar-refractivity contribution in [2.75, 3.05) is 26.4 Å². The second-order valence-corrected chi connectivity index (χ2v) is 8.52. The first kappa shape index (κ1) is 22.2. The van der Waals surface area contributed by atoms with Crippen LogP contribution in [0, 0.1) is 5.92 Å². The van der Waals surface area contributed by atoms with Gasteiger partial charge < -0.3 is 20.2 Å². The van der Waals surface area contributed by atoms with Gasteiger partial charge in [-0.25, -0.2) is 0 Å². The first-order chi connectivity index (χ1) is 14.6. The van der Waals surface area contributed by atoms with Crippen molar-refractivity contribution in [3.8, 4) is 0 Å². The summed E-state index contributed by atoms with van der Waals surface area (Å²) in [6.07, 6.45) is 6.98. The lowest BCUT2D eigenvalue weighted by atomic mass is 10.1. The molecule has 1 aromatic carbocycles. The summed E-state index contributed by atoms with van der Waals surface area (Å²) in [5.74, 6) is 2.48. The Kier molecular flexibility index (Phi) is 8.19. The van der Waals surface area contributed by atoms with Gasteiger partial charge in [0.1, 0.15) is 5.82 Å². The Morgan fingerprint density at radius 2 is 1.97 bits per heavy atom. The van der Waals surface area contributed by atoms with Gasteiger partial charge in [0, 0.05) is 50.2 Å². The molecule has 8 heteroatoms. The minimum atomic E-state index is 0.573. The SMILES string of the molecule is CN=C(NCCCc1nnc(SC)n1CC(C)C)NCCc1c[nH]c2ccccc12. The minimum Gasteiger partial charge on any atom is -0.361 e. The van der Waals surface area contributed by atoms with E-state index in [1.165, 1.54) is 16.5 Å². The number of hydrogen-bond donors (Lipinski definition) is 3. The van der Waals surface area contributed by atoms with E-state index in [9.17, 15) is 0 Å². The first-order valence-electron chi connectivity index (χ1n) is 10.6. The Bertz CT molecular complexity index is 957. The molecular formula is C22H33N7S. The number of hydrogen-bond acceptors (Lipinski definition) is 4. The van der Waals surface area contributed by atoms with Crippen LogP contribution in [0.25, 0.3) is 10.9 Å². The molecule has 0 atom stereocenters. The summed E-state index contributed by atoms with van der Waals surface area (Å²) in [6.45, 7) is 7.09. The Balaban J connectivity index is 1.42. The highest BCUT2D eigenvalue weighted by atomic mass is 32.2. The predicted molar refractivity (Wildman–Crippen MR) is 126 cm³/mol. The highest BCUT2D eigenvalue weighted by molar-refractivity contribution is 7.98. The summed E-state index contributed by atoms with van der Waals surface area (Å²) in [7, 11) is 1.81. The van der Waals surface area contributed by atoms with Gasteiger partial charge in [-0.2, -0.15) is 0 Å². The molecule has 0 spiro atoms. The lowest BCUT2D eigenvalue weighted by Crippen LogP contribution is -2.38. The number of fused-ring (bicyclic) bond motifs is 1. The van der Waals surface area contributed by atoms with Crippen molar-refractivity contribution in [1.29, 1.82) is 0 Å². The fourth-order valence-electron chi connectivity index (χ4n) is 3.53. The molecule has 162 valence electrons. The molecule has 0 amide bonds. The fourth-order valence-corrected chi connectivity index (χ4v) is 4.05. The van der Waals surface area contributed by atoms with Gasteiger partial charge in [-0.05, 0) is 36.6 Å². The number of benzene rings is 1. The molecule has 0 aliphatic heterocycles. The van der Waals surface area contributed by atoms with Crippen LogP contribution in [-0.4, -0.2) is 52.1 Å². The number of para-hydroxylation sites is 1. The molecule has 0 radical (unpaired) electrons. The number of aromatic nitrogens is 4. The molecule has 3 aromatic rings. The number of aromatic amines is 1. The van der Waals surface area contributed by atoms with Crippen LogP contribution in [0.4, 0.5) is 0 Å². The molecule has 0 aliphatic rings. The maximum Gasteiger partial charge on any atom is 0.190 e. The molecule has 0 saturated carbocycles. The molecule has 3 N–H and O–H groups in total. The van der Waals surface area contributed by atoms with Crippen molar-refractivity contribution in [2.24, 2.45) is 10.9 Å². The summed E-state index contributed by atoms with van der Waals surface area (Å²) < 4.78 is 2.25. The van der Waals surface area contributed by atoms with Gasteiger partial charge >= 0.3 is 0 Å². The van der Waals surface area contributed by atoms with Crippen LogP contribution in [0.1, 0.15) is 31.7 Å². The molecule has 2 heterocycles. The average molecular weight is 428 g/mol. The lowest BCUT2D eigenvalue weighted by Gasteiger charge is -2.13. The smallest absolute Gasteiger partial charge is 0.190 e. The largest absolute Gasteiger partial charge is 0.361 e. The van der Waals surface area contributed by atoms with Gasteiger partial charge in [-0.3, -0.25) is 4.99 Å². The van der Waals surface area contributed by atoms with Crippen LogP contribution >= 0.6 is 11.8 Å². The standard InChI is InChI=1S/C22H33N7S/c1-16(2)15-29-20(27-28-22(29)30-4)10-7-12-24-21(23-3)25-13-11-17-14-26-19-9-6-5-8-18(17)19/h5-6,8-9,14,16,26H,7,10-13,15H2,1-4H3,(H2,23,24,25).